The number of nitrogens with zero attached hydrogens (tertiary/aromatic N) is 3. The number of amides is 1. The molecule has 6 nitrogen and oxygen atoms in total. The molecule has 3 aromatic rings. The van der Waals surface area contributed by atoms with Crippen molar-refractivity contribution in [3.63, 3.8) is 0 Å². The fourth-order valence-electron chi connectivity index (χ4n) is 3.07. The molecule has 0 N–H and O–H groups in total. The molecular formula is C23H24ClN3O3. The summed E-state index contributed by atoms with van der Waals surface area (Å²) in [6.07, 6.45) is 3.18. The minimum atomic E-state index is -0.173. The number of hydrogen-bond donors (Lipinski definition) is 0. The molecule has 1 aromatic heterocycles. The Labute approximate surface area is 181 Å². The van der Waals surface area contributed by atoms with Gasteiger partial charge in [-0.15, -0.1) is 0 Å². The molecule has 0 fully saturated rings. The molecule has 1 amide bonds. The number of likely N-dealkylation sites (N-methyl/N-ethyl adjacent to an activating group) is 1. The van der Waals surface area contributed by atoms with Gasteiger partial charge in [-0.05, 0) is 43.7 Å². The van der Waals surface area contributed by atoms with Crippen LogP contribution in [0.25, 0.3) is 17.0 Å². The number of halogens is 1. The lowest BCUT2D eigenvalue weighted by Crippen LogP contribution is -2.25. The van der Waals surface area contributed by atoms with Crippen LogP contribution in [0.2, 0.25) is 5.02 Å². The van der Waals surface area contributed by atoms with Crippen molar-refractivity contribution in [1.82, 2.24) is 14.9 Å². The third-order valence-corrected chi connectivity index (χ3v) is 4.83. The first kappa shape index (κ1) is 21.6. The van der Waals surface area contributed by atoms with E-state index in [2.05, 4.69) is 9.97 Å². The van der Waals surface area contributed by atoms with E-state index in [0.29, 0.717) is 35.5 Å². The van der Waals surface area contributed by atoms with Gasteiger partial charge in [0.15, 0.2) is 11.5 Å². The fourth-order valence-corrected chi connectivity index (χ4v) is 3.34. The maximum absolute atomic E-state index is 12.6. The monoisotopic (exact) mass is 425 g/mol. The van der Waals surface area contributed by atoms with Crippen LogP contribution in [-0.4, -0.2) is 41.5 Å². The third-order valence-electron chi connectivity index (χ3n) is 4.55. The highest BCUT2D eigenvalue weighted by Gasteiger charge is 2.12. The lowest BCUT2D eigenvalue weighted by molar-refractivity contribution is -0.125. The smallest absolute Gasteiger partial charge is 0.246 e. The lowest BCUT2D eigenvalue weighted by atomic mass is 10.2. The van der Waals surface area contributed by atoms with E-state index in [9.17, 15) is 4.79 Å². The van der Waals surface area contributed by atoms with Crippen LogP contribution in [0.3, 0.4) is 0 Å². The molecule has 0 aliphatic carbocycles. The summed E-state index contributed by atoms with van der Waals surface area (Å²) >= 11 is 6.29. The molecule has 156 valence electrons. The van der Waals surface area contributed by atoms with Crippen LogP contribution in [-0.2, 0) is 11.3 Å². The van der Waals surface area contributed by atoms with Crippen LogP contribution < -0.4 is 9.47 Å². The van der Waals surface area contributed by atoms with E-state index in [1.165, 1.54) is 6.08 Å². The predicted octanol–water partition coefficient (Wildman–Crippen LogP) is 4.67. The zero-order chi connectivity index (χ0) is 21.7. The minimum absolute atomic E-state index is 0.173. The normalized spacial score (nSPS) is 11.1. The SMILES string of the molecule is CCOc1c(Cl)cc(/C=C/C(=O)N(C)Cc2nc(C)c3ccccc3n2)cc1OC. The maximum Gasteiger partial charge on any atom is 0.246 e. The first-order valence-corrected chi connectivity index (χ1v) is 9.96. The summed E-state index contributed by atoms with van der Waals surface area (Å²) in [5, 5.41) is 1.44. The standard InChI is InChI=1S/C23H24ClN3O3/c1-5-30-23-18(24)12-16(13-20(23)29-4)10-11-22(28)27(3)14-21-25-15(2)17-8-6-7-9-19(17)26-21/h6-13H,5,14H2,1-4H3/b11-10+. The molecule has 0 atom stereocenters. The first-order valence-electron chi connectivity index (χ1n) is 9.58. The highest BCUT2D eigenvalue weighted by Crippen LogP contribution is 2.36. The Kier molecular flexibility index (Phi) is 6.90. The van der Waals surface area contributed by atoms with Crippen molar-refractivity contribution in [2.45, 2.75) is 20.4 Å². The van der Waals surface area contributed by atoms with Gasteiger partial charge in [0, 0.05) is 24.2 Å². The summed E-state index contributed by atoms with van der Waals surface area (Å²) in [6, 6.07) is 11.3. The van der Waals surface area contributed by atoms with E-state index in [1.807, 2.05) is 38.1 Å². The molecule has 0 radical (unpaired) electrons. The summed E-state index contributed by atoms with van der Waals surface area (Å²) in [6.45, 7) is 4.60. The third kappa shape index (κ3) is 4.89. The molecule has 3 rings (SSSR count). The average Bonchev–Trinajstić information content (AvgIpc) is 2.73. The summed E-state index contributed by atoms with van der Waals surface area (Å²) in [7, 11) is 3.26. The van der Waals surface area contributed by atoms with Gasteiger partial charge in [-0.3, -0.25) is 4.79 Å². The van der Waals surface area contributed by atoms with Gasteiger partial charge in [-0.2, -0.15) is 0 Å². The molecule has 0 spiro atoms. The van der Waals surface area contributed by atoms with Crippen molar-refractivity contribution in [3.05, 3.63) is 64.6 Å². The molecular weight excluding hydrogens is 402 g/mol. The van der Waals surface area contributed by atoms with E-state index < -0.39 is 0 Å². The molecule has 0 aliphatic heterocycles. The van der Waals surface area contributed by atoms with Crippen molar-refractivity contribution in [3.8, 4) is 11.5 Å². The van der Waals surface area contributed by atoms with Crippen LogP contribution in [0.15, 0.2) is 42.5 Å². The Balaban J connectivity index is 1.74. The zero-order valence-electron chi connectivity index (χ0n) is 17.5. The highest BCUT2D eigenvalue weighted by atomic mass is 35.5. The Bertz CT molecular complexity index is 1100. The summed E-state index contributed by atoms with van der Waals surface area (Å²) < 4.78 is 10.9. The van der Waals surface area contributed by atoms with E-state index in [-0.39, 0.29) is 5.91 Å². The Hall–Kier alpha value is -3.12. The summed E-state index contributed by atoms with van der Waals surface area (Å²) in [5.74, 6) is 1.44. The largest absolute Gasteiger partial charge is 0.493 e. The number of para-hydroxylation sites is 1. The van der Waals surface area contributed by atoms with E-state index in [4.69, 9.17) is 21.1 Å². The van der Waals surface area contributed by atoms with E-state index >= 15 is 0 Å². The number of hydrogen-bond acceptors (Lipinski definition) is 5. The molecule has 7 heteroatoms. The summed E-state index contributed by atoms with van der Waals surface area (Å²) in [4.78, 5) is 23.2. The number of carbonyl (C=O) groups is 1. The fraction of sp³-hybridized carbons (Fsp3) is 0.261. The van der Waals surface area contributed by atoms with Gasteiger partial charge >= 0.3 is 0 Å². The van der Waals surface area contributed by atoms with Crippen LogP contribution in [0.4, 0.5) is 0 Å². The molecule has 30 heavy (non-hydrogen) atoms. The van der Waals surface area contributed by atoms with Crippen LogP contribution in [0.1, 0.15) is 24.0 Å². The average molecular weight is 426 g/mol. The van der Waals surface area contributed by atoms with Gasteiger partial charge in [0.1, 0.15) is 5.82 Å². The van der Waals surface area contributed by atoms with Gasteiger partial charge in [-0.1, -0.05) is 29.8 Å². The minimum Gasteiger partial charge on any atom is -0.493 e. The van der Waals surface area contributed by atoms with Crippen molar-refractivity contribution >= 4 is 34.5 Å². The molecule has 0 aliphatic rings. The van der Waals surface area contributed by atoms with Crippen molar-refractivity contribution in [1.29, 1.82) is 0 Å². The van der Waals surface area contributed by atoms with Crippen molar-refractivity contribution < 1.29 is 14.3 Å². The van der Waals surface area contributed by atoms with Crippen LogP contribution >= 0.6 is 11.6 Å². The Morgan fingerprint density at radius 2 is 2.00 bits per heavy atom. The van der Waals surface area contributed by atoms with Gasteiger partial charge < -0.3 is 14.4 Å². The molecule has 0 saturated carbocycles. The molecule has 0 saturated heterocycles. The second-order valence-electron chi connectivity index (χ2n) is 6.74. The number of carbonyl (C=O) groups excluding carboxylic acids is 1. The van der Waals surface area contributed by atoms with Crippen molar-refractivity contribution in [2.75, 3.05) is 20.8 Å². The molecule has 0 bridgehead atoms. The van der Waals surface area contributed by atoms with Gasteiger partial charge in [-0.25, -0.2) is 9.97 Å². The van der Waals surface area contributed by atoms with Crippen molar-refractivity contribution in [2.24, 2.45) is 0 Å². The van der Waals surface area contributed by atoms with Gasteiger partial charge in [0.25, 0.3) is 0 Å². The van der Waals surface area contributed by atoms with Crippen LogP contribution in [0, 0.1) is 6.92 Å². The van der Waals surface area contributed by atoms with Gasteiger partial charge in [0.2, 0.25) is 5.91 Å². The second-order valence-corrected chi connectivity index (χ2v) is 7.14. The number of rotatable bonds is 7. The Morgan fingerprint density at radius 1 is 1.23 bits per heavy atom. The summed E-state index contributed by atoms with van der Waals surface area (Å²) in [5.41, 5.74) is 2.50. The number of aryl methyl sites for hydroxylation is 1. The second kappa shape index (κ2) is 9.59. The van der Waals surface area contributed by atoms with Crippen LogP contribution in [0.5, 0.6) is 11.5 Å². The number of methoxy groups -OCH3 is 1. The first-order chi connectivity index (χ1) is 14.4. The topological polar surface area (TPSA) is 64.5 Å². The molecule has 0 unspecified atom stereocenters. The van der Waals surface area contributed by atoms with E-state index in [0.717, 1.165) is 22.2 Å². The lowest BCUT2D eigenvalue weighted by Gasteiger charge is -2.15. The maximum atomic E-state index is 12.6. The predicted molar refractivity (Wildman–Crippen MR) is 119 cm³/mol. The quantitative estimate of drug-likeness (QED) is 0.514. The van der Waals surface area contributed by atoms with Gasteiger partial charge in [0.05, 0.1) is 30.8 Å². The highest BCUT2D eigenvalue weighted by molar-refractivity contribution is 6.32. The zero-order valence-corrected chi connectivity index (χ0v) is 18.2. The number of benzene rings is 2. The number of ether oxygens (including phenoxy) is 2. The number of aromatic nitrogens is 2. The molecule has 2 aromatic carbocycles. The number of fused-ring (bicyclic) bond motifs is 1. The molecule has 1 heterocycles. The van der Waals surface area contributed by atoms with E-state index in [1.54, 1.807) is 37.3 Å². The Morgan fingerprint density at radius 3 is 2.73 bits per heavy atom.